The first-order valence-corrected chi connectivity index (χ1v) is 13.6. The molecule has 0 bridgehead atoms. The summed E-state index contributed by atoms with van der Waals surface area (Å²) in [6.45, 7) is 5.89. The molecular formula is C26H33ClN4O3S. The number of benzene rings is 2. The van der Waals surface area contributed by atoms with Gasteiger partial charge in [0, 0.05) is 30.2 Å². The fourth-order valence-electron chi connectivity index (χ4n) is 3.76. The van der Waals surface area contributed by atoms with Crippen LogP contribution in [0.1, 0.15) is 35.5 Å². The Labute approximate surface area is 213 Å². The Bertz CT molecular complexity index is 1240. The molecule has 35 heavy (non-hydrogen) atoms. The molecule has 0 aliphatic carbocycles. The molecule has 0 saturated heterocycles. The van der Waals surface area contributed by atoms with Crippen molar-refractivity contribution in [1.82, 2.24) is 19.4 Å². The van der Waals surface area contributed by atoms with Gasteiger partial charge in [-0.2, -0.15) is 0 Å². The van der Waals surface area contributed by atoms with Gasteiger partial charge in [-0.3, -0.25) is 4.79 Å². The van der Waals surface area contributed by atoms with Crippen LogP contribution in [-0.4, -0.2) is 60.9 Å². The predicted octanol–water partition coefficient (Wildman–Crippen LogP) is 4.37. The number of sulfone groups is 1. The Kier molecular flexibility index (Phi) is 9.10. The minimum absolute atomic E-state index is 0.0350. The SMILES string of the molecule is CC(C)Cn1c(CN(CCN(C)C)C(=O)c2cccc(Cl)c2)cnc1S(=O)(=O)Cc1ccccc1. The topological polar surface area (TPSA) is 75.5 Å². The van der Waals surface area contributed by atoms with Gasteiger partial charge in [-0.25, -0.2) is 13.4 Å². The zero-order valence-corrected chi connectivity index (χ0v) is 22.3. The number of likely N-dealkylation sites (N-methyl/N-ethyl adjacent to an activating group) is 1. The number of hydrogen-bond donors (Lipinski definition) is 0. The van der Waals surface area contributed by atoms with Crippen molar-refractivity contribution < 1.29 is 13.2 Å². The summed E-state index contributed by atoms with van der Waals surface area (Å²) in [5.74, 6) is -0.110. The molecule has 0 atom stereocenters. The van der Waals surface area contributed by atoms with Crippen molar-refractivity contribution >= 4 is 27.3 Å². The van der Waals surface area contributed by atoms with Crippen LogP contribution >= 0.6 is 11.6 Å². The molecule has 2 aromatic carbocycles. The number of halogens is 1. The van der Waals surface area contributed by atoms with E-state index in [9.17, 15) is 13.2 Å². The summed E-state index contributed by atoms with van der Waals surface area (Å²) in [5, 5.41) is 0.523. The summed E-state index contributed by atoms with van der Waals surface area (Å²) in [5.41, 5.74) is 1.87. The van der Waals surface area contributed by atoms with E-state index in [-0.39, 0.29) is 29.3 Å². The molecule has 0 aliphatic heterocycles. The van der Waals surface area contributed by atoms with Crippen LogP contribution < -0.4 is 0 Å². The van der Waals surface area contributed by atoms with E-state index in [1.165, 1.54) is 0 Å². The lowest BCUT2D eigenvalue weighted by molar-refractivity contribution is 0.0727. The number of carbonyl (C=O) groups excluding carboxylic acids is 1. The molecule has 1 aromatic heterocycles. The quantitative estimate of drug-likeness (QED) is 0.378. The first-order valence-electron chi connectivity index (χ1n) is 11.6. The van der Waals surface area contributed by atoms with Gasteiger partial charge >= 0.3 is 0 Å². The first kappa shape index (κ1) is 26.9. The lowest BCUT2D eigenvalue weighted by Crippen LogP contribution is -2.37. The first-order chi connectivity index (χ1) is 16.6. The van der Waals surface area contributed by atoms with Crippen molar-refractivity contribution in [3.8, 4) is 0 Å². The highest BCUT2D eigenvalue weighted by molar-refractivity contribution is 7.90. The van der Waals surface area contributed by atoms with Crippen molar-refractivity contribution in [3.63, 3.8) is 0 Å². The monoisotopic (exact) mass is 516 g/mol. The van der Waals surface area contributed by atoms with Crippen LogP contribution in [0.4, 0.5) is 0 Å². The van der Waals surface area contributed by atoms with Crippen LogP contribution in [0.25, 0.3) is 0 Å². The maximum atomic E-state index is 13.4. The van der Waals surface area contributed by atoms with Crippen molar-refractivity contribution in [2.45, 2.75) is 37.8 Å². The van der Waals surface area contributed by atoms with Crippen molar-refractivity contribution in [3.05, 3.63) is 82.6 Å². The number of rotatable bonds is 11. The molecule has 3 aromatic rings. The van der Waals surface area contributed by atoms with Crippen LogP contribution in [0, 0.1) is 5.92 Å². The number of imidazole rings is 1. The third-order valence-corrected chi connectivity index (χ3v) is 7.29. The molecule has 0 fully saturated rings. The zero-order valence-electron chi connectivity index (χ0n) is 20.7. The van der Waals surface area contributed by atoms with Crippen LogP contribution in [0.3, 0.4) is 0 Å². The lowest BCUT2D eigenvalue weighted by atomic mass is 10.2. The number of amides is 1. The van der Waals surface area contributed by atoms with Gasteiger partial charge in [0.05, 0.1) is 24.2 Å². The fraction of sp³-hybridized carbons (Fsp3) is 0.385. The van der Waals surface area contributed by atoms with Crippen LogP contribution in [0.15, 0.2) is 66.0 Å². The van der Waals surface area contributed by atoms with Gasteiger partial charge in [-0.05, 0) is 43.8 Å². The summed E-state index contributed by atoms with van der Waals surface area (Å²) in [6, 6.07) is 15.9. The van der Waals surface area contributed by atoms with Gasteiger partial charge < -0.3 is 14.4 Å². The van der Waals surface area contributed by atoms with Crippen molar-refractivity contribution in [1.29, 1.82) is 0 Å². The number of hydrogen-bond acceptors (Lipinski definition) is 5. The molecule has 0 N–H and O–H groups in total. The Morgan fingerprint density at radius 2 is 1.77 bits per heavy atom. The normalized spacial score (nSPS) is 11.9. The average Bonchev–Trinajstić information content (AvgIpc) is 3.18. The van der Waals surface area contributed by atoms with Crippen molar-refractivity contribution in [2.24, 2.45) is 5.92 Å². The molecule has 0 spiro atoms. The second-order valence-corrected chi connectivity index (χ2v) is 11.6. The van der Waals surface area contributed by atoms with Crippen LogP contribution in [-0.2, 0) is 28.7 Å². The molecule has 9 heteroatoms. The largest absolute Gasteiger partial charge is 0.331 e. The van der Waals surface area contributed by atoms with E-state index in [4.69, 9.17) is 11.6 Å². The Hall–Kier alpha value is -2.68. The minimum atomic E-state index is -3.69. The molecule has 0 aliphatic rings. The molecule has 1 heterocycles. The Morgan fingerprint density at radius 1 is 1.06 bits per heavy atom. The molecule has 1 amide bonds. The molecule has 0 unspecified atom stereocenters. The van der Waals surface area contributed by atoms with E-state index in [2.05, 4.69) is 4.98 Å². The molecule has 7 nitrogen and oxygen atoms in total. The number of aromatic nitrogens is 2. The highest BCUT2D eigenvalue weighted by Crippen LogP contribution is 2.21. The second kappa shape index (κ2) is 11.8. The van der Waals surface area contributed by atoms with Gasteiger partial charge in [0.15, 0.2) is 0 Å². The summed E-state index contributed by atoms with van der Waals surface area (Å²) in [4.78, 5) is 21.4. The van der Waals surface area contributed by atoms with Crippen LogP contribution in [0.2, 0.25) is 5.02 Å². The molecular weight excluding hydrogens is 484 g/mol. The summed E-state index contributed by atoms with van der Waals surface area (Å²) in [6.07, 6.45) is 1.58. The molecule has 0 radical (unpaired) electrons. The van der Waals surface area contributed by atoms with E-state index in [1.54, 1.807) is 52.1 Å². The Balaban J connectivity index is 1.96. The van der Waals surface area contributed by atoms with Crippen LogP contribution in [0.5, 0.6) is 0 Å². The number of nitrogens with zero attached hydrogens (tertiary/aromatic N) is 4. The molecule has 188 valence electrons. The zero-order chi connectivity index (χ0) is 25.6. The van der Waals surface area contributed by atoms with Gasteiger partial charge in [0.1, 0.15) is 0 Å². The third-order valence-electron chi connectivity index (χ3n) is 5.46. The van der Waals surface area contributed by atoms with E-state index in [0.717, 1.165) is 0 Å². The highest BCUT2D eigenvalue weighted by atomic mass is 35.5. The average molecular weight is 517 g/mol. The van der Waals surface area contributed by atoms with Gasteiger partial charge in [-0.1, -0.05) is 61.8 Å². The maximum Gasteiger partial charge on any atom is 0.254 e. The molecule has 3 rings (SSSR count). The van der Waals surface area contributed by atoms with Gasteiger partial charge in [0.2, 0.25) is 15.0 Å². The fourth-order valence-corrected chi connectivity index (χ4v) is 5.45. The van der Waals surface area contributed by atoms with Crippen molar-refractivity contribution in [2.75, 3.05) is 27.2 Å². The van der Waals surface area contributed by atoms with Gasteiger partial charge in [0.25, 0.3) is 5.91 Å². The summed E-state index contributed by atoms with van der Waals surface area (Å²) < 4.78 is 28.4. The minimum Gasteiger partial charge on any atom is -0.331 e. The molecule has 0 saturated carbocycles. The lowest BCUT2D eigenvalue weighted by Gasteiger charge is -2.25. The predicted molar refractivity (Wildman–Crippen MR) is 139 cm³/mol. The third kappa shape index (κ3) is 7.40. The van der Waals surface area contributed by atoms with Gasteiger partial charge in [-0.15, -0.1) is 0 Å². The number of carbonyl (C=O) groups is 1. The van der Waals surface area contributed by atoms with E-state index < -0.39 is 9.84 Å². The smallest absolute Gasteiger partial charge is 0.254 e. The standard InChI is InChI=1S/C26H33ClN4O3S/c1-20(2)17-31-24(16-28-26(31)35(33,34)19-21-9-6-5-7-10-21)18-30(14-13-29(3)4)25(32)22-11-8-12-23(27)15-22/h5-12,15-16,20H,13-14,17-19H2,1-4H3. The van der Waals surface area contributed by atoms with E-state index in [0.29, 0.717) is 41.5 Å². The second-order valence-electron chi connectivity index (χ2n) is 9.32. The highest BCUT2D eigenvalue weighted by Gasteiger charge is 2.26. The summed E-state index contributed by atoms with van der Waals surface area (Å²) >= 11 is 6.12. The van der Waals surface area contributed by atoms with E-state index >= 15 is 0 Å². The van der Waals surface area contributed by atoms with E-state index in [1.807, 2.05) is 51.0 Å². The maximum absolute atomic E-state index is 13.4. The Morgan fingerprint density at radius 3 is 2.40 bits per heavy atom. The summed E-state index contributed by atoms with van der Waals surface area (Å²) in [7, 11) is 0.202.